The number of pyridine rings is 1. The molecule has 0 bridgehead atoms. The SMILES string of the molecule is [N-]=[N+]=Nc1ccc(/C=C/C(=O)NC[C@H]2CN(c3ccc(-c4ccncc4)c(F)c3)C(=O)O2)cc1. The zero-order valence-electron chi connectivity index (χ0n) is 17.8. The summed E-state index contributed by atoms with van der Waals surface area (Å²) >= 11 is 0. The summed E-state index contributed by atoms with van der Waals surface area (Å²) in [7, 11) is 0. The van der Waals surface area contributed by atoms with Gasteiger partial charge in [0, 0.05) is 34.6 Å². The summed E-state index contributed by atoms with van der Waals surface area (Å²) in [6.07, 6.45) is 4.94. The summed E-state index contributed by atoms with van der Waals surface area (Å²) in [5.41, 5.74) is 11.1. The number of nitrogens with zero attached hydrogens (tertiary/aromatic N) is 5. The zero-order chi connectivity index (χ0) is 23.9. The molecule has 1 fully saturated rings. The molecule has 10 heteroatoms. The fourth-order valence-electron chi connectivity index (χ4n) is 3.43. The molecule has 9 nitrogen and oxygen atoms in total. The Morgan fingerprint density at radius 2 is 2.00 bits per heavy atom. The quantitative estimate of drug-likeness (QED) is 0.232. The Kier molecular flexibility index (Phi) is 6.81. The predicted octanol–water partition coefficient (Wildman–Crippen LogP) is 4.98. The summed E-state index contributed by atoms with van der Waals surface area (Å²) in [6, 6.07) is 14.6. The highest BCUT2D eigenvalue weighted by molar-refractivity contribution is 5.92. The predicted molar refractivity (Wildman–Crippen MR) is 125 cm³/mol. The lowest BCUT2D eigenvalue weighted by Gasteiger charge is -2.14. The van der Waals surface area contributed by atoms with E-state index < -0.39 is 18.0 Å². The molecule has 2 aromatic carbocycles. The van der Waals surface area contributed by atoms with Crippen LogP contribution in [0.25, 0.3) is 27.6 Å². The minimum Gasteiger partial charge on any atom is -0.442 e. The Morgan fingerprint density at radius 1 is 1.24 bits per heavy atom. The molecule has 2 amide bonds. The Morgan fingerprint density at radius 3 is 2.71 bits per heavy atom. The molecule has 170 valence electrons. The number of amides is 2. The third kappa shape index (κ3) is 5.37. The van der Waals surface area contributed by atoms with Crippen molar-refractivity contribution in [1.82, 2.24) is 10.3 Å². The van der Waals surface area contributed by atoms with E-state index in [1.807, 2.05) is 0 Å². The lowest BCUT2D eigenvalue weighted by Crippen LogP contribution is -2.33. The molecule has 1 aliphatic rings. The van der Waals surface area contributed by atoms with Gasteiger partial charge in [-0.25, -0.2) is 9.18 Å². The Bertz CT molecular complexity index is 1270. The fourth-order valence-corrected chi connectivity index (χ4v) is 3.43. The third-order valence-corrected chi connectivity index (χ3v) is 5.11. The minimum atomic E-state index is -0.606. The second kappa shape index (κ2) is 10.3. The summed E-state index contributed by atoms with van der Waals surface area (Å²) in [6.45, 7) is 0.288. The molecule has 0 saturated carbocycles. The monoisotopic (exact) mass is 458 g/mol. The van der Waals surface area contributed by atoms with Crippen LogP contribution in [0.1, 0.15) is 5.56 Å². The summed E-state index contributed by atoms with van der Waals surface area (Å²) in [4.78, 5) is 32.4. The number of carbonyl (C=O) groups is 2. The summed E-state index contributed by atoms with van der Waals surface area (Å²) in [5.74, 6) is -0.827. The Hall–Kier alpha value is -4.69. The lowest BCUT2D eigenvalue weighted by atomic mass is 10.1. The summed E-state index contributed by atoms with van der Waals surface area (Å²) in [5, 5.41) is 6.17. The Labute approximate surface area is 194 Å². The van der Waals surface area contributed by atoms with Crippen molar-refractivity contribution in [2.75, 3.05) is 18.0 Å². The van der Waals surface area contributed by atoms with Gasteiger partial charge in [-0.05, 0) is 53.1 Å². The van der Waals surface area contributed by atoms with Crippen molar-refractivity contribution in [2.24, 2.45) is 5.11 Å². The highest BCUT2D eigenvalue weighted by Gasteiger charge is 2.32. The maximum atomic E-state index is 14.7. The standard InChI is InChI=1S/C24H19FN6O3/c25-22-13-19(6-7-21(22)17-9-11-27-12-10-17)31-15-20(34-24(31)33)14-28-23(32)8-3-16-1-4-18(5-2-16)29-30-26/h1-13,20H,14-15H2,(H,28,32)/b8-3+/t20-/m0/s1. The van der Waals surface area contributed by atoms with Crippen molar-refractivity contribution in [1.29, 1.82) is 0 Å². The molecule has 3 aromatic rings. The van der Waals surface area contributed by atoms with Crippen LogP contribution in [0.15, 0.2) is 78.2 Å². The lowest BCUT2D eigenvalue weighted by molar-refractivity contribution is -0.116. The van der Waals surface area contributed by atoms with E-state index in [1.54, 1.807) is 67.0 Å². The van der Waals surface area contributed by atoms with Gasteiger partial charge in [-0.3, -0.25) is 14.7 Å². The number of carbonyl (C=O) groups excluding carboxylic acids is 2. The first-order chi connectivity index (χ1) is 16.5. The number of aromatic nitrogens is 1. The molecule has 1 aliphatic heterocycles. The second-order valence-corrected chi connectivity index (χ2v) is 7.38. The third-order valence-electron chi connectivity index (χ3n) is 5.11. The second-order valence-electron chi connectivity index (χ2n) is 7.38. The molecule has 1 N–H and O–H groups in total. The number of nitrogens with one attached hydrogen (secondary N) is 1. The number of halogens is 1. The number of hydrogen-bond donors (Lipinski definition) is 1. The number of cyclic esters (lactones) is 1. The van der Waals surface area contributed by atoms with E-state index in [0.29, 0.717) is 22.5 Å². The van der Waals surface area contributed by atoms with Crippen LogP contribution in [-0.4, -0.2) is 36.2 Å². The summed E-state index contributed by atoms with van der Waals surface area (Å²) < 4.78 is 20.0. The van der Waals surface area contributed by atoms with Gasteiger partial charge in [-0.15, -0.1) is 0 Å². The largest absolute Gasteiger partial charge is 0.442 e. The van der Waals surface area contributed by atoms with E-state index in [9.17, 15) is 14.0 Å². The number of anilines is 1. The van der Waals surface area contributed by atoms with Crippen molar-refractivity contribution < 1.29 is 18.7 Å². The van der Waals surface area contributed by atoms with Gasteiger partial charge in [0.2, 0.25) is 5.91 Å². The van der Waals surface area contributed by atoms with Gasteiger partial charge in [-0.2, -0.15) is 0 Å². The van der Waals surface area contributed by atoms with Crippen LogP contribution in [0, 0.1) is 5.82 Å². The van der Waals surface area contributed by atoms with Crippen LogP contribution in [0.4, 0.5) is 20.6 Å². The van der Waals surface area contributed by atoms with E-state index in [0.717, 1.165) is 5.56 Å². The van der Waals surface area contributed by atoms with Crippen molar-refractivity contribution in [3.05, 3.63) is 94.9 Å². The van der Waals surface area contributed by atoms with E-state index in [2.05, 4.69) is 20.3 Å². The van der Waals surface area contributed by atoms with Crippen LogP contribution in [0.5, 0.6) is 0 Å². The van der Waals surface area contributed by atoms with Gasteiger partial charge in [-0.1, -0.05) is 29.4 Å². The average Bonchev–Trinajstić information content (AvgIpc) is 3.23. The molecular weight excluding hydrogens is 439 g/mol. The van der Waals surface area contributed by atoms with Crippen molar-refractivity contribution in [2.45, 2.75) is 6.10 Å². The molecule has 2 heterocycles. The van der Waals surface area contributed by atoms with Gasteiger partial charge in [0.15, 0.2) is 0 Å². The van der Waals surface area contributed by atoms with Gasteiger partial charge in [0.25, 0.3) is 0 Å². The number of hydrogen-bond acceptors (Lipinski definition) is 5. The molecule has 0 spiro atoms. The van der Waals surface area contributed by atoms with Crippen LogP contribution >= 0.6 is 0 Å². The van der Waals surface area contributed by atoms with Crippen molar-refractivity contribution in [3.8, 4) is 11.1 Å². The highest BCUT2D eigenvalue weighted by atomic mass is 19.1. The first kappa shape index (κ1) is 22.5. The topological polar surface area (TPSA) is 120 Å². The number of azide groups is 1. The molecule has 0 aliphatic carbocycles. The maximum absolute atomic E-state index is 14.7. The first-order valence-electron chi connectivity index (χ1n) is 10.3. The first-order valence-corrected chi connectivity index (χ1v) is 10.3. The van der Waals surface area contributed by atoms with Crippen LogP contribution in [0.2, 0.25) is 0 Å². The minimum absolute atomic E-state index is 0.110. The van der Waals surface area contributed by atoms with E-state index in [-0.39, 0.29) is 19.0 Å². The maximum Gasteiger partial charge on any atom is 0.414 e. The van der Waals surface area contributed by atoms with E-state index in [1.165, 1.54) is 17.0 Å². The Balaban J connectivity index is 1.32. The molecule has 1 saturated heterocycles. The molecular formula is C24H19FN6O3. The van der Waals surface area contributed by atoms with Gasteiger partial charge < -0.3 is 10.1 Å². The van der Waals surface area contributed by atoms with E-state index in [4.69, 9.17) is 10.3 Å². The molecule has 1 aromatic heterocycles. The van der Waals surface area contributed by atoms with Gasteiger partial charge in [0.1, 0.15) is 11.9 Å². The zero-order valence-corrected chi connectivity index (χ0v) is 17.8. The van der Waals surface area contributed by atoms with Crippen LogP contribution in [0.3, 0.4) is 0 Å². The molecule has 0 radical (unpaired) electrons. The number of rotatable bonds is 7. The van der Waals surface area contributed by atoms with Gasteiger partial charge in [0.05, 0.1) is 18.8 Å². The highest BCUT2D eigenvalue weighted by Crippen LogP contribution is 2.28. The molecule has 4 rings (SSSR count). The fraction of sp³-hybridized carbons (Fsp3) is 0.125. The molecule has 0 unspecified atom stereocenters. The van der Waals surface area contributed by atoms with Crippen LogP contribution < -0.4 is 10.2 Å². The van der Waals surface area contributed by atoms with Gasteiger partial charge >= 0.3 is 6.09 Å². The van der Waals surface area contributed by atoms with Crippen molar-refractivity contribution >= 4 is 29.5 Å². The van der Waals surface area contributed by atoms with Crippen LogP contribution in [-0.2, 0) is 9.53 Å². The number of benzene rings is 2. The molecule has 34 heavy (non-hydrogen) atoms. The molecule has 1 atom stereocenters. The van der Waals surface area contributed by atoms with E-state index >= 15 is 0 Å². The number of ether oxygens (including phenoxy) is 1. The average molecular weight is 458 g/mol. The normalized spacial score (nSPS) is 15.1. The smallest absolute Gasteiger partial charge is 0.414 e. The van der Waals surface area contributed by atoms with Crippen molar-refractivity contribution in [3.63, 3.8) is 0 Å².